The summed E-state index contributed by atoms with van der Waals surface area (Å²) in [7, 11) is 0. The molecular formula is C18H11FN2O2S2. The molecule has 0 atom stereocenters. The molecule has 7 heteroatoms. The average Bonchev–Trinajstić information content (AvgIpc) is 3.13. The number of oxazole rings is 1. The van der Waals surface area contributed by atoms with Crippen molar-refractivity contribution in [1.29, 1.82) is 0 Å². The van der Waals surface area contributed by atoms with E-state index in [2.05, 4.69) is 4.98 Å². The molecule has 4 nitrogen and oxygen atoms in total. The zero-order valence-corrected chi connectivity index (χ0v) is 14.4. The number of nitrogens with zero attached hydrogens (tertiary/aromatic N) is 2. The van der Waals surface area contributed by atoms with E-state index in [-0.39, 0.29) is 18.3 Å². The summed E-state index contributed by atoms with van der Waals surface area (Å²) in [6, 6.07) is 13.7. The van der Waals surface area contributed by atoms with Crippen LogP contribution in [0.5, 0.6) is 0 Å². The van der Waals surface area contributed by atoms with Crippen LogP contribution in [0.15, 0.2) is 57.9 Å². The van der Waals surface area contributed by atoms with E-state index >= 15 is 0 Å². The predicted octanol–water partition coefficient (Wildman–Crippen LogP) is 4.37. The highest BCUT2D eigenvalue weighted by Gasteiger charge is 2.33. The maximum atomic E-state index is 13.8. The van der Waals surface area contributed by atoms with Gasteiger partial charge in [-0.3, -0.25) is 9.69 Å². The number of thiocarbonyl (C=S) groups is 1. The van der Waals surface area contributed by atoms with Crippen molar-refractivity contribution in [2.45, 2.75) is 6.54 Å². The number of thioether (sulfide) groups is 1. The Kier molecular flexibility index (Phi) is 4.10. The number of hydrogen-bond donors (Lipinski definition) is 0. The molecular weight excluding hydrogens is 359 g/mol. The van der Waals surface area contributed by atoms with Crippen molar-refractivity contribution in [2.24, 2.45) is 0 Å². The smallest absolute Gasteiger partial charge is 0.266 e. The zero-order valence-electron chi connectivity index (χ0n) is 12.8. The molecule has 0 unspecified atom stereocenters. The maximum absolute atomic E-state index is 13.8. The summed E-state index contributed by atoms with van der Waals surface area (Å²) in [6.07, 6.45) is 1.51. The van der Waals surface area contributed by atoms with Gasteiger partial charge < -0.3 is 4.42 Å². The van der Waals surface area contributed by atoms with Crippen molar-refractivity contribution in [1.82, 2.24) is 9.88 Å². The fourth-order valence-electron chi connectivity index (χ4n) is 2.49. The Labute approximate surface area is 152 Å². The van der Waals surface area contributed by atoms with Crippen molar-refractivity contribution in [3.05, 3.63) is 70.7 Å². The molecule has 0 aliphatic carbocycles. The minimum Gasteiger partial charge on any atom is -0.439 e. The average molecular weight is 370 g/mol. The third-order valence-electron chi connectivity index (χ3n) is 3.70. The van der Waals surface area contributed by atoms with Crippen LogP contribution in [0.25, 0.3) is 17.2 Å². The summed E-state index contributed by atoms with van der Waals surface area (Å²) in [4.78, 5) is 18.8. The Morgan fingerprint density at radius 2 is 1.96 bits per heavy atom. The standard InChI is InChI=1S/C18H11FN2O2S2/c19-12-6-2-1-5-11(12)9-15-17(22)21(18(24)25-15)10-16-20-13-7-3-4-8-14(13)23-16/h1-9H,10H2/b15-9+. The molecule has 2 heterocycles. The minimum absolute atomic E-state index is 0.147. The fourth-order valence-corrected chi connectivity index (χ4v) is 3.74. The summed E-state index contributed by atoms with van der Waals surface area (Å²) in [5, 5.41) is 0. The highest BCUT2D eigenvalue weighted by atomic mass is 32.2. The molecule has 1 saturated heterocycles. The number of carbonyl (C=O) groups is 1. The van der Waals surface area contributed by atoms with Gasteiger partial charge in [0.25, 0.3) is 5.91 Å². The van der Waals surface area contributed by atoms with E-state index in [1.54, 1.807) is 18.2 Å². The third-order valence-corrected chi connectivity index (χ3v) is 5.07. The molecule has 0 spiro atoms. The molecule has 1 aliphatic heterocycles. The highest BCUT2D eigenvalue weighted by molar-refractivity contribution is 8.26. The quantitative estimate of drug-likeness (QED) is 0.506. The molecule has 3 aromatic rings. The van der Waals surface area contributed by atoms with E-state index < -0.39 is 0 Å². The first-order chi connectivity index (χ1) is 12.1. The second-order valence-electron chi connectivity index (χ2n) is 5.36. The minimum atomic E-state index is -0.383. The van der Waals surface area contributed by atoms with Crippen molar-refractivity contribution in [2.75, 3.05) is 0 Å². The van der Waals surface area contributed by atoms with Gasteiger partial charge in [-0.15, -0.1) is 0 Å². The first-order valence-electron chi connectivity index (χ1n) is 7.46. The zero-order chi connectivity index (χ0) is 17.4. The molecule has 0 radical (unpaired) electrons. The molecule has 124 valence electrons. The Morgan fingerprint density at radius 3 is 2.76 bits per heavy atom. The van der Waals surface area contributed by atoms with Gasteiger partial charge in [0, 0.05) is 5.56 Å². The summed E-state index contributed by atoms with van der Waals surface area (Å²) in [5.74, 6) is -0.253. The lowest BCUT2D eigenvalue weighted by atomic mass is 10.2. The topological polar surface area (TPSA) is 46.3 Å². The van der Waals surface area contributed by atoms with Crippen molar-refractivity contribution < 1.29 is 13.6 Å². The van der Waals surface area contributed by atoms with Crippen LogP contribution < -0.4 is 0 Å². The van der Waals surface area contributed by atoms with Gasteiger partial charge >= 0.3 is 0 Å². The van der Waals surface area contributed by atoms with Gasteiger partial charge in [0.15, 0.2) is 5.58 Å². The Bertz CT molecular complexity index is 996. The molecule has 2 aromatic carbocycles. The Morgan fingerprint density at radius 1 is 1.20 bits per heavy atom. The molecule has 1 amide bonds. The predicted molar refractivity (Wildman–Crippen MR) is 99.1 cm³/mol. The van der Waals surface area contributed by atoms with Crippen LogP contribution in [-0.2, 0) is 11.3 Å². The highest BCUT2D eigenvalue weighted by Crippen LogP contribution is 2.34. The van der Waals surface area contributed by atoms with Crippen LogP contribution in [0, 0.1) is 5.82 Å². The number of benzene rings is 2. The van der Waals surface area contributed by atoms with E-state index in [4.69, 9.17) is 16.6 Å². The normalized spacial score (nSPS) is 16.4. The molecule has 1 aromatic heterocycles. The lowest BCUT2D eigenvalue weighted by molar-refractivity contribution is -0.122. The van der Waals surface area contributed by atoms with Crippen molar-refractivity contribution >= 4 is 51.4 Å². The van der Waals surface area contributed by atoms with E-state index in [1.807, 2.05) is 24.3 Å². The largest absolute Gasteiger partial charge is 0.439 e. The van der Waals surface area contributed by atoms with Crippen LogP contribution >= 0.6 is 24.0 Å². The molecule has 0 saturated carbocycles. The summed E-state index contributed by atoms with van der Waals surface area (Å²) < 4.78 is 19.8. The van der Waals surface area contributed by atoms with E-state index in [0.717, 1.165) is 17.3 Å². The Balaban J connectivity index is 1.60. The van der Waals surface area contributed by atoms with E-state index in [0.29, 0.717) is 26.3 Å². The Hall–Kier alpha value is -2.51. The van der Waals surface area contributed by atoms with Crippen LogP contribution in [0.3, 0.4) is 0 Å². The fraction of sp³-hybridized carbons (Fsp3) is 0.0556. The second kappa shape index (κ2) is 6.42. The lowest BCUT2D eigenvalue weighted by Gasteiger charge is -2.11. The van der Waals surface area contributed by atoms with Gasteiger partial charge in [0.1, 0.15) is 22.2 Å². The number of fused-ring (bicyclic) bond motifs is 1. The SMILES string of the molecule is O=C1/C(=C\c2ccccc2F)SC(=S)N1Cc1nc2ccccc2o1. The lowest BCUT2D eigenvalue weighted by Crippen LogP contribution is -2.27. The summed E-state index contributed by atoms with van der Waals surface area (Å²) in [6.45, 7) is 0.147. The number of hydrogen-bond acceptors (Lipinski definition) is 5. The van der Waals surface area contributed by atoms with Crippen LogP contribution in [0.2, 0.25) is 0 Å². The third kappa shape index (κ3) is 3.08. The van der Waals surface area contributed by atoms with Gasteiger partial charge in [-0.25, -0.2) is 9.37 Å². The number of aromatic nitrogens is 1. The van der Waals surface area contributed by atoms with Crippen LogP contribution in [-0.4, -0.2) is 20.1 Å². The number of amides is 1. The molecule has 1 fully saturated rings. The van der Waals surface area contributed by atoms with E-state index in [1.165, 1.54) is 17.0 Å². The number of carbonyl (C=O) groups excluding carboxylic acids is 1. The summed E-state index contributed by atoms with van der Waals surface area (Å²) >= 11 is 6.43. The molecule has 0 N–H and O–H groups in total. The summed E-state index contributed by atoms with van der Waals surface area (Å²) in [5.41, 5.74) is 1.74. The van der Waals surface area contributed by atoms with Gasteiger partial charge in [0.2, 0.25) is 5.89 Å². The van der Waals surface area contributed by atoms with Gasteiger partial charge in [0.05, 0.1) is 4.91 Å². The first-order valence-corrected chi connectivity index (χ1v) is 8.68. The van der Waals surface area contributed by atoms with Crippen LogP contribution in [0.1, 0.15) is 11.5 Å². The van der Waals surface area contributed by atoms with Crippen molar-refractivity contribution in [3.63, 3.8) is 0 Å². The molecule has 25 heavy (non-hydrogen) atoms. The first kappa shape index (κ1) is 16.0. The second-order valence-corrected chi connectivity index (χ2v) is 7.04. The van der Waals surface area contributed by atoms with E-state index in [9.17, 15) is 9.18 Å². The van der Waals surface area contributed by atoms with Gasteiger partial charge in [-0.05, 0) is 24.3 Å². The van der Waals surface area contributed by atoms with Crippen LogP contribution in [0.4, 0.5) is 4.39 Å². The van der Waals surface area contributed by atoms with Gasteiger partial charge in [-0.2, -0.15) is 0 Å². The van der Waals surface area contributed by atoms with Crippen molar-refractivity contribution in [3.8, 4) is 0 Å². The number of rotatable bonds is 3. The van der Waals surface area contributed by atoms with Gasteiger partial charge in [-0.1, -0.05) is 54.3 Å². The monoisotopic (exact) mass is 370 g/mol. The maximum Gasteiger partial charge on any atom is 0.266 e. The molecule has 0 bridgehead atoms. The number of halogens is 1. The number of para-hydroxylation sites is 2. The molecule has 1 aliphatic rings. The molecule has 4 rings (SSSR count).